The SMILES string of the molecule is CCCC(NC(=O)c1oc2ccccc2c1COCC(F)(F)F)Oc1ccc(C(N)=O)c(O)c1. The Morgan fingerprint density at radius 1 is 1.21 bits per heavy atom. The quantitative estimate of drug-likeness (QED) is 0.373. The molecule has 0 aliphatic rings. The van der Waals surface area contributed by atoms with Crippen molar-refractivity contribution in [1.82, 2.24) is 5.32 Å². The van der Waals surface area contributed by atoms with Gasteiger partial charge in [0, 0.05) is 23.4 Å². The number of halogens is 3. The zero-order valence-electron chi connectivity index (χ0n) is 18.1. The summed E-state index contributed by atoms with van der Waals surface area (Å²) in [7, 11) is 0. The highest BCUT2D eigenvalue weighted by Crippen LogP contribution is 2.28. The third-order valence-electron chi connectivity index (χ3n) is 4.77. The van der Waals surface area contributed by atoms with Crippen LogP contribution in [-0.2, 0) is 11.3 Å². The van der Waals surface area contributed by atoms with Crippen molar-refractivity contribution in [2.24, 2.45) is 5.73 Å². The minimum absolute atomic E-state index is 0.0887. The number of alkyl halides is 3. The number of amides is 2. The summed E-state index contributed by atoms with van der Waals surface area (Å²) in [5, 5.41) is 13.0. The van der Waals surface area contributed by atoms with E-state index < -0.39 is 37.4 Å². The topological polar surface area (TPSA) is 124 Å². The average molecular weight is 480 g/mol. The van der Waals surface area contributed by atoms with Gasteiger partial charge in [-0.05, 0) is 18.2 Å². The van der Waals surface area contributed by atoms with Crippen LogP contribution in [-0.4, -0.2) is 35.9 Å². The van der Waals surface area contributed by atoms with Crippen molar-refractivity contribution in [3.05, 3.63) is 59.4 Å². The Morgan fingerprint density at radius 2 is 1.94 bits per heavy atom. The molecule has 1 heterocycles. The van der Waals surface area contributed by atoms with E-state index in [9.17, 15) is 27.9 Å². The van der Waals surface area contributed by atoms with Gasteiger partial charge in [0.1, 0.15) is 23.7 Å². The highest BCUT2D eigenvalue weighted by molar-refractivity contribution is 5.99. The van der Waals surface area contributed by atoms with Gasteiger partial charge in [-0.3, -0.25) is 9.59 Å². The number of benzene rings is 2. The maximum absolute atomic E-state index is 13.0. The van der Waals surface area contributed by atoms with Crippen molar-refractivity contribution in [2.45, 2.75) is 38.8 Å². The van der Waals surface area contributed by atoms with E-state index in [-0.39, 0.29) is 28.4 Å². The molecule has 0 fully saturated rings. The van der Waals surface area contributed by atoms with Crippen molar-refractivity contribution in [2.75, 3.05) is 6.61 Å². The smallest absolute Gasteiger partial charge is 0.411 e. The number of carbonyl (C=O) groups is 2. The molecule has 3 aromatic rings. The summed E-state index contributed by atoms with van der Waals surface area (Å²) in [6.45, 7) is -0.102. The molecule has 0 aliphatic carbocycles. The minimum atomic E-state index is -4.52. The Hall–Kier alpha value is -3.73. The van der Waals surface area contributed by atoms with E-state index >= 15 is 0 Å². The van der Waals surface area contributed by atoms with E-state index in [1.54, 1.807) is 24.3 Å². The Morgan fingerprint density at radius 3 is 2.59 bits per heavy atom. The van der Waals surface area contributed by atoms with Gasteiger partial charge in [-0.15, -0.1) is 0 Å². The maximum atomic E-state index is 13.0. The van der Waals surface area contributed by atoms with Crippen molar-refractivity contribution in [1.29, 1.82) is 0 Å². The molecule has 0 aliphatic heterocycles. The van der Waals surface area contributed by atoms with E-state index in [1.807, 2.05) is 6.92 Å². The Kier molecular flexibility index (Phi) is 7.67. The number of hydrogen-bond donors (Lipinski definition) is 3. The molecule has 0 saturated heterocycles. The van der Waals surface area contributed by atoms with Gasteiger partial charge >= 0.3 is 6.18 Å². The predicted octanol–water partition coefficient (Wildman–Crippen LogP) is 4.25. The van der Waals surface area contributed by atoms with Crippen LogP contribution in [0.5, 0.6) is 11.5 Å². The summed E-state index contributed by atoms with van der Waals surface area (Å²) in [6.07, 6.45) is -4.41. The van der Waals surface area contributed by atoms with Crippen LogP contribution in [0.15, 0.2) is 46.9 Å². The molecule has 0 spiro atoms. The van der Waals surface area contributed by atoms with E-state index in [1.165, 1.54) is 18.2 Å². The third-order valence-corrected chi connectivity index (χ3v) is 4.77. The second-order valence-electron chi connectivity index (χ2n) is 7.43. The van der Waals surface area contributed by atoms with E-state index in [0.29, 0.717) is 23.8 Å². The number of carbonyl (C=O) groups excluding carboxylic acids is 2. The molecule has 1 unspecified atom stereocenters. The van der Waals surface area contributed by atoms with Gasteiger partial charge in [-0.2, -0.15) is 13.2 Å². The van der Waals surface area contributed by atoms with Crippen molar-refractivity contribution in [3.63, 3.8) is 0 Å². The summed E-state index contributed by atoms with van der Waals surface area (Å²) in [5.74, 6) is -1.93. The standard InChI is InChI=1S/C23H23F3N2O6/c1-2-5-19(33-13-8-9-15(21(27)30)17(29)10-13)28-22(31)20-16(11-32-12-23(24,25)26)14-6-3-4-7-18(14)34-20/h3-4,6-10,19,29H,2,5,11-12H2,1H3,(H2,27,30)(H,28,31). The molecule has 8 nitrogen and oxygen atoms in total. The number of nitrogens with one attached hydrogen (secondary N) is 1. The number of phenols is 1. The lowest BCUT2D eigenvalue weighted by Crippen LogP contribution is -2.39. The van der Waals surface area contributed by atoms with E-state index in [2.05, 4.69) is 5.32 Å². The van der Waals surface area contributed by atoms with Gasteiger partial charge < -0.3 is 30.0 Å². The van der Waals surface area contributed by atoms with Gasteiger partial charge in [0.05, 0.1) is 12.2 Å². The number of furan rings is 1. The first-order chi connectivity index (χ1) is 16.1. The van der Waals surface area contributed by atoms with Crippen LogP contribution in [0.3, 0.4) is 0 Å². The normalized spacial score (nSPS) is 12.5. The Labute approximate surface area is 192 Å². The van der Waals surface area contributed by atoms with Gasteiger partial charge in [0.15, 0.2) is 12.0 Å². The monoisotopic (exact) mass is 480 g/mol. The van der Waals surface area contributed by atoms with Crippen LogP contribution in [0.25, 0.3) is 11.0 Å². The fourth-order valence-electron chi connectivity index (χ4n) is 3.29. The maximum Gasteiger partial charge on any atom is 0.411 e. The number of hydrogen-bond acceptors (Lipinski definition) is 6. The molecule has 4 N–H and O–H groups in total. The van der Waals surface area contributed by atoms with E-state index in [4.69, 9.17) is 19.6 Å². The van der Waals surface area contributed by atoms with Crippen LogP contribution < -0.4 is 15.8 Å². The molecule has 34 heavy (non-hydrogen) atoms. The van der Waals surface area contributed by atoms with Crippen molar-refractivity contribution >= 4 is 22.8 Å². The molecule has 0 radical (unpaired) electrons. The lowest BCUT2D eigenvalue weighted by molar-refractivity contribution is -0.176. The minimum Gasteiger partial charge on any atom is -0.507 e. The zero-order chi connectivity index (χ0) is 24.9. The van der Waals surface area contributed by atoms with Crippen molar-refractivity contribution < 1.29 is 41.8 Å². The number of ether oxygens (including phenoxy) is 2. The second kappa shape index (κ2) is 10.5. The molecular weight excluding hydrogens is 457 g/mol. The van der Waals surface area contributed by atoms with Gasteiger partial charge in [0.2, 0.25) is 0 Å². The predicted molar refractivity (Wildman–Crippen MR) is 115 cm³/mol. The third kappa shape index (κ3) is 6.19. The molecule has 2 amide bonds. The van der Waals surface area contributed by atoms with Crippen LogP contribution in [0, 0.1) is 0 Å². The summed E-state index contributed by atoms with van der Waals surface area (Å²) in [5.41, 5.74) is 5.57. The first-order valence-electron chi connectivity index (χ1n) is 10.3. The lowest BCUT2D eigenvalue weighted by atomic mass is 10.1. The molecule has 0 bridgehead atoms. The molecule has 1 atom stereocenters. The molecule has 3 rings (SSSR count). The van der Waals surface area contributed by atoms with Crippen LogP contribution >= 0.6 is 0 Å². The van der Waals surface area contributed by atoms with Gasteiger partial charge in [-0.25, -0.2) is 0 Å². The summed E-state index contributed by atoms with van der Waals surface area (Å²) >= 11 is 0. The van der Waals surface area contributed by atoms with Crippen LogP contribution in [0.2, 0.25) is 0 Å². The fraction of sp³-hybridized carbons (Fsp3) is 0.304. The number of rotatable bonds is 10. The molecule has 0 saturated carbocycles. The number of aromatic hydroxyl groups is 1. The summed E-state index contributed by atoms with van der Waals surface area (Å²) in [6, 6.07) is 10.4. The Balaban J connectivity index is 1.81. The molecule has 11 heteroatoms. The molecular formula is C23H23F3N2O6. The van der Waals surface area contributed by atoms with Gasteiger partial charge in [0.25, 0.3) is 11.8 Å². The largest absolute Gasteiger partial charge is 0.507 e. The second-order valence-corrected chi connectivity index (χ2v) is 7.43. The van der Waals surface area contributed by atoms with E-state index in [0.717, 1.165) is 0 Å². The van der Waals surface area contributed by atoms with Crippen molar-refractivity contribution in [3.8, 4) is 11.5 Å². The van der Waals surface area contributed by atoms with Crippen LogP contribution in [0.4, 0.5) is 13.2 Å². The number of fused-ring (bicyclic) bond motifs is 1. The number of para-hydroxylation sites is 1. The summed E-state index contributed by atoms with van der Waals surface area (Å²) < 4.78 is 53.7. The summed E-state index contributed by atoms with van der Waals surface area (Å²) in [4.78, 5) is 24.3. The Bertz CT molecular complexity index is 1180. The highest BCUT2D eigenvalue weighted by atomic mass is 19.4. The average Bonchev–Trinajstić information content (AvgIpc) is 3.12. The van der Waals surface area contributed by atoms with Crippen LogP contribution in [0.1, 0.15) is 46.2 Å². The van der Waals surface area contributed by atoms with Gasteiger partial charge in [-0.1, -0.05) is 31.5 Å². The highest BCUT2D eigenvalue weighted by Gasteiger charge is 2.29. The first-order valence-corrected chi connectivity index (χ1v) is 10.3. The lowest BCUT2D eigenvalue weighted by Gasteiger charge is -2.20. The fourth-order valence-corrected chi connectivity index (χ4v) is 3.29. The first kappa shape index (κ1) is 24.9. The number of primary amides is 1. The number of nitrogens with two attached hydrogens (primary N) is 1. The molecule has 1 aromatic heterocycles. The molecule has 2 aromatic carbocycles. The molecule has 182 valence electrons. The zero-order valence-corrected chi connectivity index (χ0v) is 18.1.